The lowest BCUT2D eigenvalue weighted by Crippen LogP contribution is -2.61. The summed E-state index contributed by atoms with van der Waals surface area (Å²) in [5, 5.41) is 35.4. The number of aliphatic carboxylic acids is 2. The molecule has 196 valence electrons. The molecule has 0 aliphatic carbocycles. The maximum Gasteiger partial charge on any atom is 0.326 e. The van der Waals surface area contributed by atoms with Crippen LogP contribution in [0.15, 0.2) is 12.5 Å². The SMILES string of the molecule is CCC(C)C(NC(=O)C(N)CCC(=O)O)C(=O)NC(C(=O)NC(Cc1cnc[nH]1)C(=O)O)C(C)O. The number of aromatic amines is 1. The van der Waals surface area contributed by atoms with Crippen molar-refractivity contribution in [2.45, 2.75) is 76.7 Å². The summed E-state index contributed by atoms with van der Waals surface area (Å²) >= 11 is 0. The molecule has 14 heteroatoms. The molecular formula is C21H34N6O8. The second-order valence-corrected chi connectivity index (χ2v) is 8.32. The highest BCUT2D eigenvalue weighted by atomic mass is 16.4. The molecule has 0 radical (unpaired) electrons. The number of hydrogen-bond donors (Lipinski definition) is 8. The predicted octanol–water partition coefficient (Wildman–Crippen LogP) is -1.89. The van der Waals surface area contributed by atoms with Crippen LogP contribution in [-0.2, 0) is 30.4 Å². The van der Waals surface area contributed by atoms with E-state index >= 15 is 0 Å². The number of aliphatic hydroxyl groups is 1. The Kier molecular flexibility index (Phi) is 11.8. The lowest BCUT2D eigenvalue weighted by Gasteiger charge is -2.28. The summed E-state index contributed by atoms with van der Waals surface area (Å²) in [5.74, 6) is -5.33. The molecule has 0 fully saturated rings. The minimum Gasteiger partial charge on any atom is -0.481 e. The summed E-state index contributed by atoms with van der Waals surface area (Å²) in [5.41, 5.74) is 6.17. The Morgan fingerprint density at radius 1 is 1.03 bits per heavy atom. The van der Waals surface area contributed by atoms with Crippen molar-refractivity contribution in [2.75, 3.05) is 0 Å². The molecule has 1 heterocycles. The Morgan fingerprint density at radius 2 is 1.63 bits per heavy atom. The quantitative estimate of drug-likeness (QED) is 0.134. The van der Waals surface area contributed by atoms with E-state index in [0.717, 1.165) is 0 Å². The first-order chi connectivity index (χ1) is 16.4. The highest BCUT2D eigenvalue weighted by Crippen LogP contribution is 2.10. The van der Waals surface area contributed by atoms with Gasteiger partial charge in [-0.05, 0) is 19.3 Å². The number of carbonyl (C=O) groups excluding carboxylic acids is 3. The average Bonchev–Trinajstić information content (AvgIpc) is 3.30. The Labute approximate surface area is 202 Å². The van der Waals surface area contributed by atoms with E-state index in [1.54, 1.807) is 13.8 Å². The smallest absolute Gasteiger partial charge is 0.326 e. The molecule has 14 nitrogen and oxygen atoms in total. The zero-order valence-corrected chi connectivity index (χ0v) is 19.9. The van der Waals surface area contributed by atoms with Crippen molar-refractivity contribution in [3.63, 3.8) is 0 Å². The molecule has 0 bridgehead atoms. The van der Waals surface area contributed by atoms with Gasteiger partial charge in [-0.15, -0.1) is 0 Å². The van der Waals surface area contributed by atoms with Crippen molar-refractivity contribution >= 4 is 29.7 Å². The number of imidazole rings is 1. The summed E-state index contributed by atoms with van der Waals surface area (Å²) in [7, 11) is 0. The zero-order chi connectivity index (χ0) is 26.7. The second-order valence-electron chi connectivity index (χ2n) is 8.32. The Bertz CT molecular complexity index is 875. The van der Waals surface area contributed by atoms with Crippen molar-refractivity contribution in [2.24, 2.45) is 11.7 Å². The highest BCUT2D eigenvalue weighted by Gasteiger charge is 2.34. The highest BCUT2D eigenvalue weighted by molar-refractivity contribution is 5.94. The summed E-state index contributed by atoms with van der Waals surface area (Å²) in [6, 6.07) is -5.19. The van der Waals surface area contributed by atoms with E-state index in [0.29, 0.717) is 12.1 Å². The third-order valence-electron chi connectivity index (χ3n) is 5.46. The fourth-order valence-corrected chi connectivity index (χ4v) is 3.10. The number of nitrogens with two attached hydrogens (primary N) is 1. The number of hydrogen-bond acceptors (Lipinski definition) is 8. The molecule has 0 aliphatic rings. The van der Waals surface area contributed by atoms with Crippen molar-refractivity contribution < 1.29 is 39.3 Å². The van der Waals surface area contributed by atoms with Crippen LogP contribution >= 0.6 is 0 Å². The van der Waals surface area contributed by atoms with Crippen LogP contribution in [0.2, 0.25) is 0 Å². The standard InChI is InChI=1S/C21H34N6O8/c1-4-10(2)16(26-18(31)13(22)5-6-15(29)30)19(32)27-17(11(3)28)20(33)25-14(21(34)35)7-12-8-23-9-24-12/h8-11,13-14,16-17,28H,4-7,22H2,1-3H3,(H,23,24)(H,25,33)(H,26,31)(H,27,32)(H,29,30)(H,34,35). The van der Waals surface area contributed by atoms with E-state index in [-0.39, 0.29) is 19.3 Å². The van der Waals surface area contributed by atoms with Crippen LogP contribution in [0.4, 0.5) is 0 Å². The van der Waals surface area contributed by atoms with Crippen LogP contribution < -0.4 is 21.7 Å². The fourth-order valence-electron chi connectivity index (χ4n) is 3.10. The molecule has 0 aromatic carbocycles. The number of nitrogens with one attached hydrogen (secondary N) is 4. The van der Waals surface area contributed by atoms with E-state index in [4.69, 9.17) is 10.8 Å². The van der Waals surface area contributed by atoms with Crippen LogP contribution in [0.5, 0.6) is 0 Å². The van der Waals surface area contributed by atoms with E-state index in [9.17, 15) is 34.2 Å². The fraction of sp³-hybridized carbons (Fsp3) is 0.619. The number of aliphatic hydroxyl groups excluding tert-OH is 1. The Morgan fingerprint density at radius 3 is 2.11 bits per heavy atom. The number of carboxylic acid groups (broad SMARTS) is 2. The van der Waals surface area contributed by atoms with Crippen molar-refractivity contribution in [1.29, 1.82) is 0 Å². The maximum absolute atomic E-state index is 13.0. The molecule has 35 heavy (non-hydrogen) atoms. The first-order valence-electron chi connectivity index (χ1n) is 11.1. The summed E-state index contributed by atoms with van der Waals surface area (Å²) in [4.78, 5) is 67.0. The zero-order valence-electron chi connectivity index (χ0n) is 19.9. The molecule has 0 saturated heterocycles. The van der Waals surface area contributed by atoms with Crippen LogP contribution in [0, 0.1) is 5.92 Å². The lowest BCUT2D eigenvalue weighted by atomic mass is 9.96. The van der Waals surface area contributed by atoms with Crippen LogP contribution in [0.1, 0.15) is 45.7 Å². The summed E-state index contributed by atoms with van der Waals surface area (Å²) < 4.78 is 0. The molecule has 3 amide bonds. The van der Waals surface area contributed by atoms with Crippen LogP contribution in [-0.4, -0.2) is 85.2 Å². The molecule has 6 unspecified atom stereocenters. The molecule has 1 aromatic rings. The number of carbonyl (C=O) groups is 5. The van der Waals surface area contributed by atoms with E-state index < -0.39 is 65.8 Å². The molecule has 9 N–H and O–H groups in total. The first-order valence-corrected chi connectivity index (χ1v) is 11.1. The van der Waals surface area contributed by atoms with Gasteiger partial charge in [-0.3, -0.25) is 19.2 Å². The lowest BCUT2D eigenvalue weighted by molar-refractivity contribution is -0.143. The summed E-state index contributed by atoms with van der Waals surface area (Å²) in [6.07, 6.45) is 1.24. The van der Waals surface area contributed by atoms with Gasteiger partial charge in [0.25, 0.3) is 0 Å². The van der Waals surface area contributed by atoms with E-state index in [1.165, 1.54) is 19.4 Å². The maximum atomic E-state index is 13.0. The topological polar surface area (TPSA) is 237 Å². The van der Waals surface area contributed by atoms with Crippen molar-refractivity contribution in [1.82, 2.24) is 25.9 Å². The molecule has 1 rings (SSSR count). The average molecular weight is 499 g/mol. The number of rotatable bonds is 15. The van der Waals surface area contributed by atoms with Crippen LogP contribution in [0.25, 0.3) is 0 Å². The van der Waals surface area contributed by atoms with Gasteiger partial charge in [-0.25, -0.2) is 9.78 Å². The third kappa shape index (κ3) is 9.70. The number of amides is 3. The number of carboxylic acids is 2. The Hall–Kier alpha value is -3.52. The van der Waals surface area contributed by atoms with E-state index in [1.807, 2.05) is 0 Å². The Balaban J connectivity index is 2.94. The predicted molar refractivity (Wildman–Crippen MR) is 122 cm³/mol. The first kappa shape index (κ1) is 29.5. The third-order valence-corrected chi connectivity index (χ3v) is 5.46. The largest absolute Gasteiger partial charge is 0.481 e. The monoisotopic (exact) mass is 498 g/mol. The van der Waals surface area contributed by atoms with Gasteiger partial charge in [-0.2, -0.15) is 0 Å². The number of aromatic nitrogens is 2. The normalized spacial score (nSPS) is 16.1. The molecule has 0 aliphatic heterocycles. The van der Waals surface area contributed by atoms with Gasteiger partial charge >= 0.3 is 11.9 Å². The van der Waals surface area contributed by atoms with Gasteiger partial charge in [0, 0.05) is 24.7 Å². The minimum absolute atomic E-state index is 0.110. The van der Waals surface area contributed by atoms with Gasteiger partial charge in [0.1, 0.15) is 18.1 Å². The molecule has 1 aromatic heterocycles. The number of nitrogens with zero attached hydrogens (tertiary/aromatic N) is 1. The molecule has 6 atom stereocenters. The van der Waals surface area contributed by atoms with Gasteiger partial charge in [-0.1, -0.05) is 20.3 Å². The van der Waals surface area contributed by atoms with E-state index in [2.05, 4.69) is 25.9 Å². The van der Waals surface area contributed by atoms with Gasteiger partial charge in [0.15, 0.2) is 0 Å². The molecule has 0 saturated carbocycles. The van der Waals surface area contributed by atoms with Crippen molar-refractivity contribution in [3.05, 3.63) is 18.2 Å². The van der Waals surface area contributed by atoms with Crippen molar-refractivity contribution in [3.8, 4) is 0 Å². The second kappa shape index (κ2) is 14.0. The van der Waals surface area contributed by atoms with Gasteiger partial charge in [0.2, 0.25) is 17.7 Å². The molecule has 0 spiro atoms. The molecular weight excluding hydrogens is 464 g/mol. The van der Waals surface area contributed by atoms with Gasteiger partial charge in [0.05, 0.1) is 18.5 Å². The summed E-state index contributed by atoms with van der Waals surface area (Å²) in [6.45, 7) is 4.69. The number of H-pyrrole nitrogens is 1. The minimum atomic E-state index is -1.52. The van der Waals surface area contributed by atoms with Gasteiger partial charge < -0.3 is 42.0 Å². The van der Waals surface area contributed by atoms with Crippen LogP contribution in [0.3, 0.4) is 0 Å².